The lowest BCUT2D eigenvalue weighted by molar-refractivity contribution is -0.121. The molecule has 2 aromatic carbocycles. The smallest absolute Gasteiger partial charge is 0.232 e. The molecule has 158 valence electrons. The van der Waals surface area contributed by atoms with Gasteiger partial charge in [0.1, 0.15) is 0 Å². The Kier molecular flexibility index (Phi) is 7.85. The SMILES string of the molecule is CCc1ccc(C(C)NC(=O)CCCN(c2cc(C)ccc2C)S(C)(=O)=O)cc1. The Morgan fingerprint density at radius 1 is 1.10 bits per heavy atom. The molecule has 0 aliphatic carbocycles. The zero-order valence-corrected chi connectivity index (χ0v) is 18.8. The standard InChI is InChI=1S/C23H32N2O3S/c1-6-20-11-13-21(14-12-20)19(4)24-23(26)8-7-15-25(29(5,27)28)22-16-17(2)9-10-18(22)3/h9-14,16,19H,6-8,15H2,1-5H3,(H,24,26). The fourth-order valence-electron chi connectivity index (χ4n) is 3.28. The summed E-state index contributed by atoms with van der Waals surface area (Å²) in [6.45, 7) is 8.17. The Bertz CT molecular complexity index is 937. The summed E-state index contributed by atoms with van der Waals surface area (Å²) in [7, 11) is -3.43. The molecule has 2 aromatic rings. The van der Waals surface area contributed by atoms with Gasteiger partial charge in [0, 0.05) is 13.0 Å². The van der Waals surface area contributed by atoms with Crippen LogP contribution in [-0.4, -0.2) is 27.1 Å². The second-order valence-electron chi connectivity index (χ2n) is 7.61. The highest BCUT2D eigenvalue weighted by molar-refractivity contribution is 7.92. The van der Waals surface area contributed by atoms with Crippen LogP contribution in [0.4, 0.5) is 5.69 Å². The average Bonchev–Trinajstić information content (AvgIpc) is 2.66. The zero-order chi connectivity index (χ0) is 21.6. The predicted octanol–water partition coefficient (Wildman–Crippen LogP) is 4.29. The molecule has 0 spiro atoms. The van der Waals surface area contributed by atoms with Gasteiger partial charge in [-0.1, -0.05) is 43.3 Å². The van der Waals surface area contributed by atoms with Crippen molar-refractivity contribution in [2.75, 3.05) is 17.1 Å². The van der Waals surface area contributed by atoms with Crippen molar-refractivity contribution >= 4 is 21.6 Å². The minimum atomic E-state index is -3.43. The molecule has 1 N–H and O–H groups in total. The van der Waals surface area contributed by atoms with E-state index in [0.29, 0.717) is 12.1 Å². The number of hydrogen-bond donors (Lipinski definition) is 1. The van der Waals surface area contributed by atoms with E-state index in [9.17, 15) is 13.2 Å². The highest BCUT2D eigenvalue weighted by Crippen LogP contribution is 2.24. The second-order valence-corrected chi connectivity index (χ2v) is 9.52. The molecule has 1 unspecified atom stereocenters. The third-order valence-corrected chi connectivity index (χ3v) is 6.24. The van der Waals surface area contributed by atoms with Crippen molar-refractivity contribution in [2.24, 2.45) is 0 Å². The highest BCUT2D eigenvalue weighted by atomic mass is 32.2. The number of amides is 1. The minimum absolute atomic E-state index is 0.0773. The zero-order valence-electron chi connectivity index (χ0n) is 18.0. The summed E-state index contributed by atoms with van der Waals surface area (Å²) in [5.74, 6) is -0.0773. The molecule has 0 aliphatic rings. The van der Waals surface area contributed by atoms with E-state index in [2.05, 4.69) is 24.4 Å². The Labute approximate surface area is 175 Å². The first-order valence-corrected chi connectivity index (χ1v) is 11.9. The number of carbonyl (C=O) groups excluding carboxylic acids is 1. The lowest BCUT2D eigenvalue weighted by atomic mass is 10.0. The number of benzene rings is 2. The molecule has 0 bridgehead atoms. The van der Waals surface area contributed by atoms with E-state index < -0.39 is 10.0 Å². The number of sulfonamides is 1. The van der Waals surface area contributed by atoms with Crippen molar-refractivity contribution in [1.29, 1.82) is 0 Å². The predicted molar refractivity (Wildman–Crippen MR) is 120 cm³/mol. The van der Waals surface area contributed by atoms with Gasteiger partial charge >= 0.3 is 0 Å². The maximum atomic E-state index is 12.4. The van der Waals surface area contributed by atoms with E-state index >= 15 is 0 Å². The van der Waals surface area contributed by atoms with Gasteiger partial charge in [-0.3, -0.25) is 9.10 Å². The molecule has 0 saturated carbocycles. The van der Waals surface area contributed by atoms with Crippen LogP contribution in [0, 0.1) is 13.8 Å². The normalized spacial score (nSPS) is 12.4. The summed E-state index contributed by atoms with van der Waals surface area (Å²) in [4.78, 5) is 12.4. The maximum absolute atomic E-state index is 12.4. The summed E-state index contributed by atoms with van der Waals surface area (Å²) in [6.07, 6.45) is 2.91. The number of aryl methyl sites for hydroxylation is 3. The van der Waals surface area contributed by atoms with Gasteiger partial charge in [0.25, 0.3) is 0 Å². The molecular formula is C23H32N2O3S. The molecule has 5 nitrogen and oxygen atoms in total. The monoisotopic (exact) mass is 416 g/mol. The summed E-state index contributed by atoms with van der Waals surface area (Å²) in [5, 5.41) is 3.00. The molecule has 0 heterocycles. The van der Waals surface area contributed by atoms with Crippen LogP contribution in [0.15, 0.2) is 42.5 Å². The molecule has 1 amide bonds. The Hall–Kier alpha value is -2.34. The first kappa shape index (κ1) is 22.9. The third-order valence-electron chi connectivity index (χ3n) is 5.06. The molecule has 2 rings (SSSR count). The van der Waals surface area contributed by atoms with Crippen LogP contribution in [0.2, 0.25) is 0 Å². The Balaban J connectivity index is 1.96. The van der Waals surface area contributed by atoms with E-state index in [1.165, 1.54) is 16.1 Å². The number of rotatable bonds is 9. The van der Waals surface area contributed by atoms with Gasteiger partial charge < -0.3 is 5.32 Å². The van der Waals surface area contributed by atoms with Crippen LogP contribution in [0.25, 0.3) is 0 Å². The van der Waals surface area contributed by atoms with E-state index in [1.807, 2.05) is 51.1 Å². The summed E-state index contributed by atoms with van der Waals surface area (Å²) < 4.78 is 26.0. The molecule has 29 heavy (non-hydrogen) atoms. The Morgan fingerprint density at radius 2 is 1.76 bits per heavy atom. The third kappa shape index (κ3) is 6.60. The topological polar surface area (TPSA) is 66.5 Å². The van der Waals surface area contributed by atoms with Crippen molar-refractivity contribution in [2.45, 2.75) is 53.0 Å². The quantitative estimate of drug-likeness (QED) is 0.663. The first-order chi connectivity index (χ1) is 13.6. The molecule has 0 saturated heterocycles. The van der Waals surface area contributed by atoms with Gasteiger partial charge in [-0.25, -0.2) is 8.42 Å². The maximum Gasteiger partial charge on any atom is 0.232 e. The van der Waals surface area contributed by atoms with E-state index in [4.69, 9.17) is 0 Å². The number of nitrogens with one attached hydrogen (secondary N) is 1. The minimum Gasteiger partial charge on any atom is -0.350 e. The molecule has 0 aromatic heterocycles. The fourth-order valence-corrected chi connectivity index (χ4v) is 4.29. The highest BCUT2D eigenvalue weighted by Gasteiger charge is 2.20. The molecular weight excluding hydrogens is 384 g/mol. The van der Waals surface area contributed by atoms with Gasteiger partial charge in [0.15, 0.2) is 0 Å². The van der Waals surface area contributed by atoms with Gasteiger partial charge in [0.05, 0.1) is 18.0 Å². The van der Waals surface area contributed by atoms with Crippen molar-refractivity contribution < 1.29 is 13.2 Å². The summed E-state index contributed by atoms with van der Waals surface area (Å²) in [6, 6.07) is 13.9. The van der Waals surface area contributed by atoms with Crippen LogP contribution < -0.4 is 9.62 Å². The van der Waals surface area contributed by atoms with Crippen molar-refractivity contribution in [3.63, 3.8) is 0 Å². The van der Waals surface area contributed by atoms with Crippen LogP contribution in [-0.2, 0) is 21.2 Å². The molecule has 0 fully saturated rings. The molecule has 1 atom stereocenters. The lowest BCUT2D eigenvalue weighted by Crippen LogP contribution is -2.33. The van der Waals surface area contributed by atoms with Gasteiger partial charge in [-0.2, -0.15) is 0 Å². The number of carbonyl (C=O) groups is 1. The fraction of sp³-hybridized carbons (Fsp3) is 0.435. The van der Waals surface area contributed by atoms with Gasteiger partial charge in [-0.15, -0.1) is 0 Å². The van der Waals surface area contributed by atoms with Crippen LogP contribution in [0.5, 0.6) is 0 Å². The molecule has 6 heteroatoms. The molecule has 0 radical (unpaired) electrons. The second kappa shape index (κ2) is 9.92. The van der Waals surface area contributed by atoms with Crippen molar-refractivity contribution in [3.05, 3.63) is 64.7 Å². The largest absolute Gasteiger partial charge is 0.350 e. The number of anilines is 1. The van der Waals surface area contributed by atoms with E-state index in [-0.39, 0.29) is 24.9 Å². The van der Waals surface area contributed by atoms with Crippen LogP contribution >= 0.6 is 0 Å². The van der Waals surface area contributed by atoms with Crippen molar-refractivity contribution in [3.8, 4) is 0 Å². The van der Waals surface area contributed by atoms with Gasteiger partial charge in [-0.05, 0) is 61.9 Å². The Morgan fingerprint density at radius 3 is 2.34 bits per heavy atom. The lowest BCUT2D eigenvalue weighted by Gasteiger charge is -2.24. The van der Waals surface area contributed by atoms with Crippen LogP contribution in [0.1, 0.15) is 55.0 Å². The summed E-state index contributed by atoms with van der Waals surface area (Å²) in [5.41, 5.74) is 4.90. The summed E-state index contributed by atoms with van der Waals surface area (Å²) >= 11 is 0. The van der Waals surface area contributed by atoms with Crippen LogP contribution in [0.3, 0.4) is 0 Å². The van der Waals surface area contributed by atoms with Crippen molar-refractivity contribution in [1.82, 2.24) is 5.32 Å². The van der Waals surface area contributed by atoms with Gasteiger partial charge in [0.2, 0.25) is 15.9 Å². The molecule has 0 aliphatic heterocycles. The first-order valence-electron chi connectivity index (χ1n) is 10.0. The van der Waals surface area contributed by atoms with E-state index in [1.54, 1.807) is 0 Å². The number of hydrogen-bond acceptors (Lipinski definition) is 3. The number of nitrogens with zero attached hydrogens (tertiary/aromatic N) is 1. The van der Waals surface area contributed by atoms with E-state index in [0.717, 1.165) is 23.1 Å². The average molecular weight is 417 g/mol.